The molecule has 1 amide bonds. The SMILES string of the molecule is CC1(C(=O)NCCCc2cc(F)cc(F)c2)CCCNC1.Cl. The van der Waals surface area contributed by atoms with Gasteiger partial charge in [-0.2, -0.15) is 0 Å². The van der Waals surface area contributed by atoms with Gasteiger partial charge in [0.1, 0.15) is 11.6 Å². The lowest BCUT2D eigenvalue weighted by atomic mass is 9.82. The smallest absolute Gasteiger partial charge is 0.227 e. The van der Waals surface area contributed by atoms with Crippen molar-refractivity contribution in [3.63, 3.8) is 0 Å². The number of piperidine rings is 1. The zero-order chi connectivity index (χ0) is 15.3. The third kappa shape index (κ3) is 5.21. The Morgan fingerprint density at radius 2 is 2.00 bits per heavy atom. The van der Waals surface area contributed by atoms with Crippen molar-refractivity contribution in [3.05, 3.63) is 35.4 Å². The van der Waals surface area contributed by atoms with Crippen LogP contribution in [0.2, 0.25) is 0 Å². The third-order valence-electron chi connectivity index (χ3n) is 4.00. The Hall–Kier alpha value is -1.20. The summed E-state index contributed by atoms with van der Waals surface area (Å²) in [7, 11) is 0. The van der Waals surface area contributed by atoms with Crippen LogP contribution in [0.15, 0.2) is 18.2 Å². The molecule has 1 aromatic rings. The summed E-state index contributed by atoms with van der Waals surface area (Å²) in [6.45, 7) is 4.16. The third-order valence-corrected chi connectivity index (χ3v) is 4.00. The molecule has 0 spiro atoms. The highest BCUT2D eigenvalue weighted by molar-refractivity contribution is 5.85. The number of hydrogen-bond acceptors (Lipinski definition) is 2. The average Bonchev–Trinajstić information content (AvgIpc) is 2.43. The zero-order valence-corrected chi connectivity index (χ0v) is 13.6. The second-order valence-corrected chi connectivity index (χ2v) is 5.98. The lowest BCUT2D eigenvalue weighted by Gasteiger charge is -2.32. The minimum atomic E-state index is -0.560. The number of rotatable bonds is 5. The number of carbonyl (C=O) groups excluding carboxylic acids is 1. The van der Waals surface area contributed by atoms with Crippen LogP contribution in [0.1, 0.15) is 31.7 Å². The van der Waals surface area contributed by atoms with Crippen LogP contribution in [0.4, 0.5) is 8.78 Å². The minimum Gasteiger partial charge on any atom is -0.356 e. The fraction of sp³-hybridized carbons (Fsp3) is 0.562. The van der Waals surface area contributed by atoms with Crippen LogP contribution in [0, 0.1) is 17.0 Å². The van der Waals surface area contributed by atoms with E-state index in [0.29, 0.717) is 31.5 Å². The van der Waals surface area contributed by atoms with Gasteiger partial charge in [0, 0.05) is 19.2 Å². The van der Waals surface area contributed by atoms with Crippen LogP contribution in [-0.4, -0.2) is 25.5 Å². The van der Waals surface area contributed by atoms with E-state index in [9.17, 15) is 13.6 Å². The van der Waals surface area contributed by atoms with Gasteiger partial charge in [0.15, 0.2) is 0 Å². The van der Waals surface area contributed by atoms with E-state index in [1.807, 2.05) is 6.92 Å². The molecule has 1 aliphatic rings. The Morgan fingerprint density at radius 3 is 2.59 bits per heavy atom. The van der Waals surface area contributed by atoms with Crippen LogP contribution >= 0.6 is 12.4 Å². The van der Waals surface area contributed by atoms with Crippen molar-refractivity contribution in [2.24, 2.45) is 5.41 Å². The van der Waals surface area contributed by atoms with Gasteiger partial charge in [0.2, 0.25) is 5.91 Å². The summed E-state index contributed by atoms with van der Waals surface area (Å²) in [5, 5.41) is 6.17. The molecule has 0 bridgehead atoms. The molecule has 3 nitrogen and oxygen atoms in total. The standard InChI is InChI=1S/C16H22F2N2O.ClH/c1-16(5-3-6-19-11-16)15(21)20-7-2-4-12-8-13(17)10-14(18)9-12;/h8-10,19H,2-7,11H2,1H3,(H,20,21);1H. The molecular formula is C16H23ClF2N2O. The van der Waals surface area contributed by atoms with Crippen molar-refractivity contribution >= 4 is 18.3 Å². The molecule has 2 rings (SSSR count). The van der Waals surface area contributed by atoms with Crippen LogP contribution in [0.5, 0.6) is 0 Å². The summed E-state index contributed by atoms with van der Waals surface area (Å²) in [6, 6.07) is 3.52. The first-order valence-electron chi connectivity index (χ1n) is 7.44. The van der Waals surface area contributed by atoms with Crippen molar-refractivity contribution < 1.29 is 13.6 Å². The maximum absolute atomic E-state index is 13.0. The first-order chi connectivity index (χ1) is 9.99. The van der Waals surface area contributed by atoms with Crippen molar-refractivity contribution in [2.45, 2.75) is 32.6 Å². The van der Waals surface area contributed by atoms with E-state index in [0.717, 1.165) is 25.5 Å². The summed E-state index contributed by atoms with van der Waals surface area (Å²) in [5.41, 5.74) is 0.274. The van der Waals surface area contributed by atoms with E-state index in [1.165, 1.54) is 12.1 Å². The van der Waals surface area contributed by atoms with Gasteiger partial charge in [-0.1, -0.05) is 0 Å². The van der Waals surface area contributed by atoms with Crippen LogP contribution in [0.3, 0.4) is 0 Å². The average molecular weight is 333 g/mol. The highest BCUT2D eigenvalue weighted by Gasteiger charge is 2.34. The Kier molecular flexibility index (Phi) is 7.23. The van der Waals surface area contributed by atoms with Gasteiger partial charge >= 0.3 is 0 Å². The monoisotopic (exact) mass is 332 g/mol. The molecule has 0 radical (unpaired) electrons. The van der Waals surface area contributed by atoms with Gasteiger partial charge in [0.25, 0.3) is 0 Å². The first kappa shape index (κ1) is 18.8. The van der Waals surface area contributed by atoms with E-state index in [-0.39, 0.29) is 23.7 Å². The molecule has 1 saturated heterocycles. The number of hydrogen-bond donors (Lipinski definition) is 2. The molecule has 0 aliphatic carbocycles. The lowest BCUT2D eigenvalue weighted by molar-refractivity contribution is -0.131. The molecule has 0 saturated carbocycles. The van der Waals surface area contributed by atoms with E-state index in [2.05, 4.69) is 10.6 Å². The van der Waals surface area contributed by atoms with Crippen molar-refractivity contribution in [3.8, 4) is 0 Å². The first-order valence-corrected chi connectivity index (χ1v) is 7.44. The van der Waals surface area contributed by atoms with Crippen LogP contribution in [0.25, 0.3) is 0 Å². The Bertz CT molecular complexity index is 485. The van der Waals surface area contributed by atoms with Gasteiger partial charge in [0.05, 0.1) is 5.41 Å². The van der Waals surface area contributed by atoms with Crippen LogP contribution in [-0.2, 0) is 11.2 Å². The van der Waals surface area contributed by atoms with E-state index >= 15 is 0 Å². The van der Waals surface area contributed by atoms with E-state index < -0.39 is 11.6 Å². The Labute approximate surface area is 136 Å². The van der Waals surface area contributed by atoms with Gasteiger partial charge in [-0.15, -0.1) is 12.4 Å². The molecule has 2 N–H and O–H groups in total. The number of halogens is 3. The van der Waals surface area contributed by atoms with Gasteiger partial charge < -0.3 is 10.6 Å². The fourth-order valence-corrected chi connectivity index (χ4v) is 2.71. The second-order valence-electron chi connectivity index (χ2n) is 5.98. The maximum atomic E-state index is 13.0. The van der Waals surface area contributed by atoms with Gasteiger partial charge in [-0.3, -0.25) is 4.79 Å². The molecule has 1 aromatic carbocycles. The van der Waals surface area contributed by atoms with Gasteiger partial charge in [-0.25, -0.2) is 8.78 Å². The van der Waals surface area contributed by atoms with Crippen molar-refractivity contribution in [1.82, 2.24) is 10.6 Å². The lowest BCUT2D eigenvalue weighted by Crippen LogP contribution is -2.48. The number of benzene rings is 1. The summed E-state index contributed by atoms with van der Waals surface area (Å²) in [4.78, 5) is 12.2. The molecule has 6 heteroatoms. The number of carbonyl (C=O) groups is 1. The Balaban J connectivity index is 0.00000242. The predicted molar refractivity (Wildman–Crippen MR) is 85.1 cm³/mol. The summed E-state index contributed by atoms with van der Waals surface area (Å²) in [6.07, 6.45) is 3.11. The quantitative estimate of drug-likeness (QED) is 0.814. The minimum absolute atomic E-state index is 0. The van der Waals surface area contributed by atoms with Crippen molar-refractivity contribution in [1.29, 1.82) is 0 Å². The number of aryl methyl sites for hydroxylation is 1. The molecular weight excluding hydrogens is 310 g/mol. The van der Waals surface area contributed by atoms with E-state index in [4.69, 9.17) is 0 Å². The molecule has 1 fully saturated rings. The number of amides is 1. The molecule has 1 heterocycles. The topological polar surface area (TPSA) is 41.1 Å². The summed E-state index contributed by atoms with van der Waals surface area (Å²) < 4.78 is 26.1. The number of nitrogens with one attached hydrogen (secondary N) is 2. The normalized spacial score (nSPS) is 21.0. The highest BCUT2D eigenvalue weighted by Crippen LogP contribution is 2.25. The molecule has 1 aliphatic heterocycles. The Morgan fingerprint density at radius 1 is 1.32 bits per heavy atom. The second kappa shape index (κ2) is 8.44. The molecule has 1 unspecified atom stereocenters. The molecule has 1 atom stereocenters. The largest absolute Gasteiger partial charge is 0.356 e. The summed E-state index contributed by atoms with van der Waals surface area (Å²) >= 11 is 0. The van der Waals surface area contributed by atoms with E-state index in [1.54, 1.807) is 0 Å². The molecule has 124 valence electrons. The maximum Gasteiger partial charge on any atom is 0.227 e. The van der Waals surface area contributed by atoms with Gasteiger partial charge in [-0.05, 0) is 56.8 Å². The molecule has 0 aromatic heterocycles. The highest BCUT2D eigenvalue weighted by atomic mass is 35.5. The summed E-state index contributed by atoms with van der Waals surface area (Å²) in [5.74, 6) is -1.07. The van der Waals surface area contributed by atoms with Crippen LogP contribution < -0.4 is 10.6 Å². The predicted octanol–water partition coefficient (Wildman–Crippen LogP) is 2.83. The fourth-order valence-electron chi connectivity index (χ4n) is 2.71. The zero-order valence-electron chi connectivity index (χ0n) is 12.8. The molecule has 22 heavy (non-hydrogen) atoms. The van der Waals surface area contributed by atoms with Crippen molar-refractivity contribution in [2.75, 3.05) is 19.6 Å².